The lowest BCUT2D eigenvalue weighted by Crippen LogP contribution is -2.10. The standard InChI is InChI=1S/C14H14ClN5O2/c1-8-3-12(14(21)22)17-19(8)7-11-5-9(15)4-10-6-13(16-2)18-20(10)11/h3-6H,7H2,1-2H3,(H,16,18)(H,21,22). The normalized spacial score (nSPS) is 11.0. The van der Waals surface area contributed by atoms with Crippen LogP contribution in [-0.4, -0.2) is 37.5 Å². The van der Waals surface area contributed by atoms with E-state index in [0.717, 1.165) is 22.7 Å². The molecule has 0 spiro atoms. The second-order valence-electron chi connectivity index (χ2n) is 4.91. The first-order valence-electron chi connectivity index (χ1n) is 6.61. The fraction of sp³-hybridized carbons (Fsp3) is 0.214. The van der Waals surface area contributed by atoms with Crippen LogP contribution in [0.25, 0.3) is 5.52 Å². The van der Waals surface area contributed by atoms with Crippen molar-refractivity contribution in [3.05, 3.63) is 46.4 Å². The molecule has 0 fully saturated rings. The number of aromatic nitrogens is 4. The van der Waals surface area contributed by atoms with Crippen molar-refractivity contribution in [2.45, 2.75) is 13.5 Å². The van der Waals surface area contributed by atoms with Gasteiger partial charge in [0, 0.05) is 23.8 Å². The minimum atomic E-state index is -1.05. The molecule has 114 valence electrons. The highest BCUT2D eigenvalue weighted by Crippen LogP contribution is 2.20. The van der Waals surface area contributed by atoms with E-state index in [1.165, 1.54) is 6.07 Å². The third kappa shape index (κ3) is 2.50. The molecule has 22 heavy (non-hydrogen) atoms. The maximum Gasteiger partial charge on any atom is 0.356 e. The number of hydrogen-bond acceptors (Lipinski definition) is 4. The number of rotatable bonds is 4. The number of halogens is 1. The van der Waals surface area contributed by atoms with Crippen LogP contribution in [0.3, 0.4) is 0 Å². The summed E-state index contributed by atoms with van der Waals surface area (Å²) in [5.41, 5.74) is 2.45. The van der Waals surface area contributed by atoms with E-state index >= 15 is 0 Å². The minimum absolute atomic E-state index is 0.0205. The molecule has 0 aliphatic rings. The van der Waals surface area contributed by atoms with E-state index in [4.69, 9.17) is 16.7 Å². The van der Waals surface area contributed by atoms with Crippen LogP contribution in [0.15, 0.2) is 24.3 Å². The Bertz CT molecular complexity index is 868. The minimum Gasteiger partial charge on any atom is -0.476 e. The highest BCUT2D eigenvalue weighted by Gasteiger charge is 2.13. The number of carboxylic acids is 1. The Balaban J connectivity index is 2.06. The van der Waals surface area contributed by atoms with Gasteiger partial charge < -0.3 is 10.4 Å². The van der Waals surface area contributed by atoms with Crippen molar-refractivity contribution in [3.8, 4) is 0 Å². The molecule has 0 bridgehead atoms. The van der Waals surface area contributed by atoms with Gasteiger partial charge in [0.25, 0.3) is 0 Å². The van der Waals surface area contributed by atoms with E-state index < -0.39 is 5.97 Å². The Hall–Kier alpha value is -2.54. The number of nitrogens with one attached hydrogen (secondary N) is 1. The summed E-state index contributed by atoms with van der Waals surface area (Å²) in [6, 6.07) is 7.03. The van der Waals surface area contributed by atoms with E-state index in [1.54, 1.807) is 22.3 Å². The van der Waals surface area contributed by atoms with Gasteiger partial charge in [-0.25, -0.2) is 9.31 Å². The smallest absolute Gasteiger partial charge is 0.356 e. The van der Waals surface area contributed by atoms with Gasteiger partial charge in [0.15, 0.2) is 5.69 Å². The molecule has 0 aliphatic heterocycles. The molecule has 0 saturated heterocycles. The molecule has 2 N–H and O–H groups in total. The predicted octanol–water partition coefficient (Wildman–Crippen LogP) is 2.28. The van der Waals surface area contributed by atoms with Gasteiger partial charge >= 0.3 is 5.97 Å². The lowest BCUT2D eigenvalue weighted by Gasteiger charge is -2.08. The summed E-state index contributed by atoms with van der Waals surface area (Å²) in [5.74, 6) is -0.318. The van der Waals surface area contributed by atoms with Crippen LogP contribution < -0.4 is 5.32 Å². The van der Waals surface area contributed by atoms with Gasteiger partial charge in [-0.1, -0.05) is 11.6 Å². The number of nitrogens with zero attached hydrogens (tertiary/aromatic N) is 4. The molecule has 8 heteroatoms. The van der Waals surface area contributed by atoms with Crippen molar-refractivity contribution in [3.63, 3.8) is 0 Å². The van der Waals surface area contributed by atoms with Crippen molar-refractivity contribution < 1.29 is 9.90 Å². The fourth-order valence-electron chi connectivity index (χ4n) is 2.29. The van der Waals surface area contributed by atoms with E-state index in [9.17, 15) is 4.79 Å². The van der Waals surface area contributed by atoms with Crippen LogP contribution in [0.4, 0.5) is 5.82 Å². The quantitative estimate of drug-likeness (QED) is 0.770. The first kappa shape index (κ1) is 14.4. The summed E-state index contributed by atoms with van der Waals surface area (Å²) in [6.07, 6.45) is 0. The Morgan fingerprint density at radius 3 is 2.73 bits per heavy atom. The third-order valence-corrected chi connectivity index (χ3v) is 3.59. The van der Waals surface area contributed by atoms with Crippen molar-refractivity contribution >= 4 is 28.9 Å². The average Bonchev–Trinajstić information content (AvgIpc) is 3.03. The van der Waals surface area contributed by atoms with Crippen molar-refractivity contribution in [1.82, 2.24) is 19.4 Å². The van der Waals surface area contributed by atoms with E-state index in [1.807, 2.05) is 19.1 Å². The van der Waals surface area contributed by atoms with Gasteiger partial charge in [-0.05, 0) is 25.1 Å². The number of aryl methyl sites for hydroxylation is 1. The molecular weight excluding hydrogens is 306 g/mol. The molecular formula is C14H14ClN5O2. The Morgan fingerprint density at radius 1 is 1.32 bits per heavy atom. The summed E-state index contributed by atoms with van der Waals surface area (Å²) in [5, 5.41) is 21.1. The first-order chi connectivity index (χ1) is 10.5. The number of carboxylic acid groups (broad SMARTS) is 1. The van der Waals surface area contributed by atoms with Gasteiger partial charge in [-0.3, -0.25) is 4.68 Å². The molecule has 3 rings (SSSR count). The molecule has 0 aliphatic carbocycles. The molecule has 0 amide bonds. The topological polar surface area (TPSA) is 84.5 Å². The highest BCUT2D eigenvalue weighted by molar-refractivity contribution is 6.31. The molecule has 3 aromatic heterocycles. The molecule has 0 unspecified atom stereocenters. The zero-order chi connectivity index (χ0) is 15.9. The number of aromatic carboxylic acids is 1. The van der Waals surface area contributed by atoms with Gasteiger partial charge in [-0.15, -0.1) is 0 Å². The Morgan fingerprint density at radius 2 is 2.09 bits per heavy atom. The van der Waals surface area contributed by atoms with Crippen molar-refractivity contribution in [2.75, 3.05) is 12.4 Å². The summed E-state index contributed by atoms with van der Waals surface area (Å²) in [4.78, 5) is 11.0. The second kappa shape index (κ2) is 5.34. The van der Waals surface area contributed by atoms with Crippen molar-refractivity contribution in [1.29, 1.82) is 0 Å². The van der Waals surface area contributed by atoms with Crippen LogP contribution in [0, 0.1) is 6.92 Å². The molecule has 3 heterocycles. The Labute approximate surface area is 131 Å². The molecule has 0 atom stereocenters. The zero-order valence-electron chi connectivity index (χ0n) is 12.0. The average molecular weight is 320 g/mol. The maximum atomic E-state index is 11.0. The largest absolute Gasteiger partial charge is 0.476 e. The van der Waals surface area contributed by atoms with Gasteiger partial charge in [0.1, 0.15) is 5.82 Å². The summed E-state index contributed by atoms with van der Waals surface area (Å²) in [7, 11) is 1.79. The summed E-state index contributed by atoms with van der Waals surface area (Å²) < 4.78 is 3.38. The Kier molecular flexibility index (Phi) is 3.50. The molecule has 7 nitrogen and oxygen atoms in total. The van der Waals surface area contributed by atoms with E-state index in [2.05, 4.69) is 15.5 Å². The van der Waals surface area contributed by atoms with Gasteiger partial charge in [0.2, 0.25) is 0 Å². The van der Waals surface area contributed by atoms with Crippen LogP contribution in [0.1, 0.15) is 21.9 Å². The van der Waals surface area contributed by atoms with Gasteiger partial charge in [0.05, 0.1) is 17.8 Å². The van der Waals surface area contributed by atoms with E-state index in [-0.39, 0.29) is 5.69 Å². The molecule has 0 aromatic carbocycles. The van der Waals surface area contributed by atoms with E-state index in [0.29, 0.717) is 11.6 Å². The first-order valence-corrected chi connectivity index (χ1v) is 6.99. The highest BCUT2D eigenvalue weighted by atomic mass is 35.5. The lowest BCUT2D eigenvalue weighted by atomic mass is 10.3. The number of pyridine rings is 1. The van der Waals surface area contributed by atoms with Crippen LogP contribution in [0.2, 0.25) is 5.02 Å². The molecule has 0 saturated carbocycles. The lowest BCUT2D eigenvalue weighted by molar-refractivity contribution is 0.0689. The fourth-order valence-corrected chi connectivity index (χ4v) is 2.53. The number of hydrogen-bond donors (Lipinski definition) is 2. The zero-order valence-corrected chi connectivity index (χ0v) is 12.8. The summed E-state index contributed by atoms with van der Waals surface area (Å²) >= 11 is 6.15. The number of fused-ring (bicyclic) bond motifs is 1. The SMILES string of the molecule is CNc1cc2cc(Cl)cc(Cn3nc(C(=O)O)cc3C)n2n1. The third-order valence-electron chi connectivity index (χ3n) is 3.37. The van der Waals surface area contributed by atoms with Gasteiger partial charge in [-0.2, -0.15) is 10.2 Å². The molecule has 3 aromatic rings. The maximum absolute atomic E-state index is 11.0. The predicted molar refractivity (Wildman–Crippen MR) is 82.8 cm³/mol. The second-order valence-corrected chi connectivity index (χ2v) is 5.35. The van der Waals surface area contributed by atoms with Crippen LogP contribution in [0.5, 0.6) is 0 Å². The van der Waals surface area contributed by atoms with Crippen LogP contribution in [-0.2, 0) is 6.54 Å². The monoisotopic (exact) mass is 319 g/mol. The molecule has 0 radical (unpaired) electrons. The number of carbonyl (C=O) groups is 1. The summed E-state index contributed by atoms with van der Waals surface area (Å²) in [6.45, 7) is 2.18. The van der Waals surface area contributed by atoms with Crippen LogP contribution >= 0.6 is 11.6 Å². The van der Waals surface area contributed by atoms with Crippen molar-refractivity contribution in [2.24, 2.45) is 0 Å². The number of anilines is 1.